The summed E-state index contributed by atoms with van der Waals surface area (Å²) in [4.78, 5) is 47.5. The third-order valence-electron chi connectivity index (χ3n) is 9.05. The lowest BCUT2D eigenvalue weighted by atomic mass is 9.69. The van der Waals surface area contributed by atoms with Crippen LogP contribution in [0.5, 0.6) is 11.5 Å². The first-order valence-corrected chi connectivity index (χ1v) is 15.5. The molecular formula is C33H46O8-2. The zero-order chi connectivity index (χ0) is 30.0. The van der Waals surface area contributed by atoms with Crippen LogP contribution in [0.1, 0.15) is 141 Å². The van der Waals surface area contributed by atoms with Crippen molar-refractivity contribution in [1.82, 2.24) is 0 Å². The number of carboxylic acids is 2. The molecule has 2 aliphatic carbocycles. The molecule has 0 bridgehead atoms. The molecule has 2 saturated carbocycles. The number of ether oxygens (including phenoxy) is 2. The highest BCUT2D eigenvalue weighted by molar-refractivity contribution is 5.80. The second-order valence-electron chi connectivity index (χ2n) is 12.6. The van der Waals surface area contributed by atoms with Crippen LogP contribution in [0.2, 0.25) is 0 Å². The highest BCUT2D eigenvalue weighted by Gasteiger charge is 2.34. The zero-order valence-electron chi connectivity index (χ0n) is 25.0. The van der Waals surface area contributed by atoms with Crippen LogP contribution in [-0.4, -0.2) is 23.9 Å². The molecule has 0 aliphatic heterocycles. The molecule has 2 aliphatic rings. The van der Waals surface area contributed by atoms with Crippen LogP contribution >= 0.6 is 0 Å². The van der Waals surface area contributed by atoms with Crippen LogP contribution in [0.15, 0.2) is 12.1 Å². The van der Waals surface area contributed by atoms with Gasteiger partial charge in [0.1, 0.15) is 11.5 Å². The normalized spacial score (nSPS) is 19.9. The predicted octanol–water partition coefficient (Wildman–Crippen LogP) is 4.88. The summed E-state index contributed by atoms with van der Waals surface area (Å²) in [6.07, 6.45) is 11.5. The van der Waals surface area contributed by atoms with E-state index in [4.69, 9.17) is 9.47 Å². The summed E-state index contributed by atoms with van der Waals surface area (Å²) in [6, 6.07) is 3.68. The van der Waals surface area contributed by atoms with E-state index < -0.39 is 36.7 Å². The monoisotopic (exact) mass is 570 g/mol. The summed E-state index contributed by atoms with van der Waals surface area (Å²) >= 11 is 0. The van der Waals surface area contributed by atoms with Crippen molar-refractivity contribution >= 4 is 23.9 Å². The van der Waals surface area contributed by atoms with Crippen molar-refractivity contribution in [3.05, 3.63) is 23.3 Å². The van der Waals surface area contributed by atoms with Crippen molar-refractivity contribution in [1.29, 1.82) is 0 Å². The van der Waals surface area contributed by atoms with Gasteiger partial charge >= 0.3 is 11.9 Å². The number of hydrogen-bond acceptors (Lipinski definition) is 8. The SMILES string of the molecule is CCCCC(C)(C)c1cc(OC(=O)CCC(=O)[O-])c(C2CCC(C3CCCCC3)CC2)c(OC(=O)CCC(=O)[O-])c1. The van der Waals surface area contributed by atoms with Crippen molar-refractivity contribution in [2.45, 2.75) is 135 Å². The Morgan fingerprint density at radius 1 is 0.756 bits per heavy atom. The largest absolute Gasteiger partial charge is 0.550 e. The molecule has 8 nitrogen and oxygen atoms in total. The number of unbranched alkanes of at least 4 members (excludes halogenated alkanes) is 1. The number of rotatable bonds is 14. The Balaban J connectivity index is 1.99. The average Bonchev–Trinajstić information content (AvgIpc) is 2.94. The Hall–Kier alpha value is -2.90. The minimum atomic E-state index is -1.33. The fraction of sp³-hybridized carbons (Fsp3) is 0.697. The first kappa shape index (κ1) is 32.6. The van der Waals surface area contributed by atoms with E-state index in [0.29, 0.717) is 23.0 Å². The standard InChI is InChI=1S/C33H48O8/c1-4-5-19-33(2,3)25-20-26(40-30(38)17-15-28(34)35)32(27(21-25)41-31(39)18-16-29(36)37)24-13-11-23(12-14-24)22-9-7-6-8-10-22/h20-24H,4-19H2,1-3H3,(H,34,35)(H,36,37)/p-2. The van der Waals surface area contributed by atoms with Gasteiger partial charge in [0.05, 0.1) is 12.8 Å². The van der Waals surface area contributed by atoms with Gasteiger partial charge in [-0.1, -0.05) is 65.7 Å². The highest BCUT2D eigenvalue weighted by atomic mass is 16.5. The Kier molecular flexibility index (Phi) is 12.2. The quantitative estimate of drug-likeness (QED) is 0.228. The molecule has 228 valence electrons. The van der Waals surface area contributed by atoms with Crippen molar-refractivity contribution in [3.63, 3.8) is 0 Å². The number of benzene rings is 1. The first-order chi connectivity index (χ1) is 19.5. The van der Waals surface area contributed by atoms with Crippen molar-refractivity contribution in [2.75, 3.05) is 0 Å². The van der Waals surface area contributed by atoms with E-state index in [2.05, 4.69) is 20.8 Å². The summed E-state index contributed by atoms with van der Waals surface area (Å²) < 4.78 is 11.7. The minimum Gasteiger partial charge on any atom is -0.550 e. The Morgan fingerprint density at radius 2 is 1.24 bits per heavy atom. The number of carbonyl (C=O) groups is 4. The molecule has 1 aromatic carbocycles. The summed E-state index contributed by atoms with van der Waals surface area (Å²) in [5, 5.41) is 22.0. The Bertz CT molecular complexity index is 1010. The lowest BCUT2D eigenvalue weighted by Gasteiger charge is -2.37. The lowest BCUT2D eigenvalue weighted by molar-refractivity contribution is -0.307. The van der Waals surface area contributed by atoms with Gasteiger partial charge in [-0.25, -0.2) is 0 Å². The number of aliphatic carboxylic acids is 2. The molecule has 2 fully saturated rings. The molecule has 3 rings (SSSR count). The van der Waals surface area contributed by atoms with Crippen LogP contribution in [0.4, 0.5) is 0 Å². The maximum absolute atomic E-state index is 12.8. The molecule has 1 aromatic rings. The van der Waals surface area contributed by atoms with Crippen LogP contribution in [-0.2, 0) is 24.6 Å². The second-order valence-corrected chi connectivity index (χ2v) is 12.6. The van der Waals surface area contributed by atoms with Crippen molar-refractivity contribution < 1.29 is 38.9 Å². The van der Waals surface area contributed by atoms with E-state index in [-0.39, 0.29) is 24.2 Å². The molecule has 8 heteroatoms. The van der Waals surface area contributed by atoms with E-state index in [1.807, 2.05) is 12.1 Å². The van der Waals surface area contributed by atoms with E-state index in [0.717, 1.165) is 56.4 Å². The van der Waals surface area contributed by atoms with Gasteiger partial charge in [-0.05, 0) is 85.8 Å². The second kappa shape index (κ2) is 15.4. The molecule has 0 atom stereocenters. The van der Waals surface area contributed by atoms with E-state index in [1.54, 1.807) is 0 Å². The number of esters is 2. The van der Waals surface area contributed by atoms with Gasteiger partial charge in [0.25, 0.3) is 0 Å². The zero-order valence-corrected chi connectivity index (χ0v) is 25.0. The number of carbonyl (C=O) groups excluding carboxylic acids is 4. The maximum atomic E-state index is 12.8. The topological polar surface area (TPSA) is 133 Å². The Labute approximate surface area is 244 Å². The summed E-state index contributed by atoms with van der Waals surface area (Å²) in [6.45, 7) is 6.27. The van der Waals surface area contributed by atoms with Crippen LogP contribution in [0, 0.1) is 11.8 Å². The molecule has 0 radical (unpaired) electrons. The van der Waals surface area contributed by atoms with Crippen LogP contribution in [0.25, 0.3) is 0 Å². The number of hydrogen-bond donors (Lipinski definition) is 0. The van der Waals surface area contributed by atoms with Crippen LogP contribution in [0.3, 0.4) is 0 Å². The van der Waals surface area contributed by atoms with Gasteiger partial charge in [0.2, 0.25) is 0 Å². The lowest BCUT2D eigenvalue weighted by Crippen LogP contribution is -2.26. The summed E-state index contributed by atoms with van der Waals surface area (Å²) in [7, 11) is 0. The molecule has 0 spiro atoms. The third kappa shape index (κ3) is 9.86. The van der Waals surface area contributed by atoms with Crippen molar-refractivity contribution in [2.24, 2.45) is 11.8 Å². The van der Waals surface area contributed by atoms with Crippen molar-refractivity contribution in [3.8, 4) is 11.5 Å². The minimum absolute atomic E-state index is 0.0180. The molecule has 0 saturated heterocycles. The fourth-order valence-corrected chi connectivity index (χ4v) is 6.57. The highest BCUT2D eigenvalue weighted by Crippen LogP contribution is 2.49. The first-order valence-electron chi connectivity index (χ1n) is 15.5. The predicted molar refractivity (Wildman–Crippen MR) is 150 cm³/mol. The molecule has 0 N–H and O–H groups in total. The van der Waals surface area contributed by atoms with Gasteiger partial charge in [0.15, 0.2) is 0 Å². The smallest absolute Gasteiger partial charge is 0.311 e. The van der Waals surface area contributed by atoms with E-state index in [1.165, 1.54) is 32.1 Å². The van der Waals surface area contributed by atoms with Gasteiger partial charge in [-0.15, -0.1) is 0 Å². The van der Waals surface area contributed by atoms with Crippen LogP contribution < -0.4 is 19.7 Å². The van der Waals surface area contributed by atoms with E-state index in [9.17, 15) is 29.4 Å². The molecule has 0 amide bonds. The molecule has 41 heavy (non-hydrogen) atoms. The summed E-state index contributed by atoms with van der Waals surface area (Å²) in [5.74, 6) is -2.08. The average molecular weight is 571 g/mol. The fourth-order valence-electron chi connectivity index (χ4n) is 6.57. The number of carboxylic acid groups (broad SMARTS) is 2. The third-order valence-corrected chi connectivity index (χ3v) is 9.05. The molecule has 0 aromatic heterocycles. The molecule has 0 heterocycles. The van der Waals surface area contributed by atoms with Gasteiger partial charge in [-0.2, -0.15) is 0 Å². The van der Waals surface area contributed by atoms with Gasteiger partial charge in [-0.3, -0.25) is 9.59 Å². The van der Waals surface area contributed by atoms with Gasteiger partial charge < -0.3 is 29.3 Å². The van der Waals surface area contributed by atoms with E-state index >= 15 is 0 Å². The summed E-state index contributed by atoms with van der Waals surface area (Å²) in [5.41, 5.74) is 1.13. The molecule has 0 unspecified atom stereocenters. The Morgan fingerprint density at radius 3 is 1.71 bits per heavy atom. The maximum Gasteiger partial charge on any atom is 0.311 e. The molecular weight excluding hydrogens is 524 g/mol. The van der Waals surface area contributed by atoms with Gasteiger partial charge in [0, 0.05) is 17.5 Å².